The predicted octanol–water partition coefficient (Wildman–Crippen LogP) is 1.57. The second-order valence-electron chi connectivity index (χ2n) is 3.15. The molecule has 1 heterocycles. The lowest BCUT2D eigenvalue weighted by molar-refractivity contribution is 0.0598. The molecule has 0 amide bonds. The monoisotopic (exact) mass is 230 g/mol. The molecule has 0 saturated heterocycles. The number of ether oxygens (including phenoxy) is 1. The van der Waals surface area contributed by atoms with E-state index in [9.17, 15) is 13.6 Å². The first-order chi connectivity index (χ1) is 7.51. The van der Waals surface area contributed by atoms with Crippen LogP contribution < -0.4 is 5.73 Å². The molecule has 16 heavy (non-hydrogen) atoms. The van der Waals surface area contributed by atoms with Crippen LogP contribution in [0.15, 0.2) is 6.07 Å². The maximum absolute atomic E-state index is 12.6. The summed E-state index contributed by atoms with van der Waals surface area (Å²) in [6.07, 6.45) is -2.68. The van der Waals surface area contributed by atoms with Crippen molar-refractivity contribution in [1.29, 1.82) is 0 Å². The minimum atomic E-state index is -2.68. The van der Waals surface area contributed by atoms with Gasteiger partial charge in [0, 0.05) is 17.8 Å². The second kappa shape index (κ2) is 4.98. The van der Waals surface area contributed by atoms with E-state index >= 15 is 0 Å². The van der Waals surface area contributed by atoms with E-state index in [1.165, 1.54) is 14.0 Å². The molecule has 0 radical (unpaired) electrons. The van der Waals surface area contributed by atoms with Crippen LogP contribution in [0.25, 0.3) is 0 Å². The molecule has 88 valence electrons. The third-order valence-electron chi connectivity index (χ3n) is 2.16. The molecular formula is C10H12F2N2O2. The summed E-state index contributed by atoms with van der Waals surface area (Å²) in [5.41, 5.74) is 5.52. The van der Waals surface area contributed by atoms with Crippen molar-refractivity contribution >= 4 is 5.97 Å². The molecule has 0 atom stereocenters. The lowest BCUT2D eigenvalue weighted by Gasteiger charge is -2.10. The van der Waals surface area contributed by atoms with E-state index in [4.69, 9.17) is 5.73 Å². The third-order valence-corrected chi connectivity index (χ3v) is 2.16. The molecule has 0 bridgehead atoms. The highest BCUT2D eigenvalue weighted by molar-refractivity contribution is 5.90. The Morgan fingerprint density at radius 2 is 2.25 bits per heavy atom. The first-order valence-corrected chi connectivity index (χ1v) is 4.58. The standard InChI is InChI=1S/C10H12F2N2O2/c1-5-6(9(11)12)3-7(10(15)16-2)8(4-13)14-5/h3,9H,4,13H2,1-2H3. The van der Waals surface area contributed by atoms with Crippen molar-refractivity contribution in [1.82, 2.24) is 4.98 Å². The van der Waals surface area contributed by atoms with Gasteiger partial charge >= 0.3 is 5.97 Å². The molecule has 6 heteroatoms. The van der Waals surface area contributed by atoms with E-state index in [1.807, 2.05) is 0 Å². The Balaban J connectivity index is 3.34. The highest BCUT2D eigenvalue weighted by atomic mass is 19.3. The molecular weight excluding hydrogens is 218 g/mol. The van der Waals surface area contributed by atoms with Gasteiger partial charge in [0.1, 0.15) is 0 Å². The molecule has 1 aromatic heterocycles. The normalized spacial score (nSPS) is 10.6. The Kier molecular flexibility index (Phi) is 3.89. The largest absolute Gasteiger partial charge is 0.465 e. The molecule has 0 fully saturated rings. The van der Waals surface area contributed by atoms with Gasteiger partial charge in [0.2, 0.25) is 0 Å². The van der Waals surface area contributed by atoms with Gasteiger partial charge in [-0.15, -0.1) is 0 Å². The van der Waals surface area contributed by atoms with Crippen LogP contribution in [0.1, 0.15) is 33.7 Å². The maximum atomic E-state index is 12.6. The number of hydrogen-bond donors (Lipinski definition) is 1. The number of carbonyl (C=O) groups is 1. The van der Waals surface area contributed by atoms with E-state index in [2.05, 4.69) is 9.72 Å². The summed E-state index contributed by atoms with van der Waals surface area (Å²) in [5.74, 6) is -0.713. The van der Waals surface area contributed by atoms with Gasteiger partial charge in [-0.05, 0) is 13.0 Å². The van der Waals surface area contributed by atoms with Crippen LogP contribution in [-0.2, 0) is 11.3 Å². The summed E-state index contributed by atoms with van der Waals surface area (Å²) in [7, 11) is 1.17. The molecule has 0 aliphatic heterocycles. The predicted molar refractivity (Wildman–Crippen MR) is 53.2 cm³/mol. The van der Waals surface area contributed by atoms with Crippen molar-refractivity contribution in [3.8, 4) is 0 Å². The van der Waals surface area contributed by atoms with Gasteiger partial charge in [0.15, 0.2) is 0 Å². The highest BCUT2D eigenvalue weighted by Gasteiger charge is 2.19. The molecule has 1 aromatic rings. The number of methoxy groups -OCH3 is 1. The Hall–Kier alpha value is -1.56. The summed E-state index contributed by atoms with van der Waals surface area (Å²) >= 11 is 0. The summed E-state index contributed by atoms with van der Waals surface area (Å²) in [6, 6.07) is 1.08. The van der Waals surface area contributed by atoms with Crippen LogP contribution in [0.2, 0.25) is 0 Å². The van der Waals surface area contributed by atoms with E-state index in [0.29, 0.717) is 0 Å². The van der Waals surface area contributed by atoms with Crippen molar-refractivity contribution in [2.45, 2.75) is 19.9 Å². The van der Waals surface area contributed by atoms with Crippen molar-refractivity contribution in [3.63, 3.8) is 0 Å². The van der Waals surface area contributed by atoms with E-state index in [-0.39, 0.29) is 29.1 Å². The Morgan fingerprint density at radius 1 is 1.62 bits per heavy atom. The molecule has 0 aromatic carbocycles. The number of carbonyl (C=O) groups excluding carboxylic acids is 1. The molecule has 0 aliphatic carbocycles. The zero-order chi connectivity index (χ0) is 12.3. The van der Waals surface area contributed by atoms with Gasteiger partial charge in [-0.1, -0.05) is 0 Å². The molecule has 0 saturated carbocycles. The van der Waals surface area contributed by atoms with Crippen LogP contribution in [0.3, 0.4) is 0 Å². The topological polar surface area (TPSA) is 65.2 Å². The average molecular weight is 230 g/mol. The lowest BCUT2D eigenvalue weighted by atomic mass is 10.1. The molecule has 0 spiro atoms. The van der Waals surface area contributed by atoms with Crippen molar-refractivity contribution in [3.05, 3.63) is 28.6 Å². The SMILES string of the molecule is COC(=O)c1cc(C(F)F)c(C)nc1CN. The summed E-state index contributed by atoms with van der Waals surface area (Å²) in [4.78, 5) is 15.2. The van der Waals surface area contributed by atoms with Crippen LogP contribution in [0.4, 0.5) is 8.78 Å². The number of nitrogens with two attached hydrogens (primary N) is 1. The van der Waals surface area contributed by atoms with E-state index < -0.39 is 12.4 Å². The summed E-state index contributed by atoms with van der Waals surface area (Å²) < 4.78 is 29.6. The number of esters is 1. The van der Waals surface area contributed by atoms with E-state index in [1.54, 1.807) is 0 Å². The van der Waals surface area contributed by atoms with Gasteiger partial charge in [-0.25, -0.2) is 13.6 Å². The summed E-state index contributed by atoms with van der Waals surface area (Å²) in [5, 5.41) is 0. The number of hydrogen-bond acceptors (Lipinski definition) is 4. The minimum absolute atomic E-state index is 0.00517. The van der Waals surface area contributed by atoms with Crippen LogP contribution in [0, 0.1) is 6.92 Å². The lowest BCUT2D eigenvalue weighted by Crippen LogP contribution is -2.13. The number of aromatic nitrogens is 1. The first kappa shape index (κ1) is 12.5. The van der Waals surface area contributed by atoms with Crippen molar-refractivity contribution in [2.75, 3.05) is 7.11 Å². The zero-order valence-electron chi connectivity index (χ0n) is 8.96. The Labute approximate surface area is 91.4 Å². The fourth-order valence-corrected chi connectivity index (χ4v) is 1.33. The minimum Gasteiger partial charge on any atom is -0.465 e. The highest BCUT2D eigenvalue weighted by Crippen LogP contribution is 2.24. The van der Waals surface area contributed by atoms with E-state index in [0.717, 1.165) is 6.07 Å². The van der Waals surface area contributed by atoms with Gasteiger partial charge < -0.3 is 10.5 Å². The maximum Gasteiger partial charge on any atom is 0.339 e. The average Bonchev–Trinajstić information content (AvgIpc) is 2.27. The molecule has 4 nitrogen and oxygen atoms in total. The van der Waals surface area contributed by atoms with Gasteiger partial charge in [0.25, 0.3) is 6.43 Å². The number of pyridine rings is 1. The van der Waals surface area contributed by atoms with Crippen molar-refractivity contribution < 1.29 is 18.3 Å². The van der Waals surface area contributed by atoms with Gasteiger partial charge in [-0.2, -0.15) is 0 Å². The Bertz CT molecular complexity index is 408. The molecule has 2 N–H and O–H groups in total. The van der Waals surface area contributed by atoms with Gasteiger partial charge in [0.05, 0.1) is 18.4 Å². The quantitative estimate of drug-likeness (QED) is 0.800. The van der Waals surface area contributed by atoms with Crippen LogP contribution >= 0.6 is 0 Å². The fourth-order valence-electron chi connectivity index (χ4n) is 1.33. The second-order valence-corrected chi connectivity index (χ2v) is 3.15. The third kappa shape index (κ3) is 2.33. The van der Waals surface area contributed by atoms with Crippen LogP contribution in [-0.4, -0.2) is 18.1 Å². The number of alkyl halides is 2. The first-order valence-electron chi connectivity index (χ1n) is 4.58. The van der Waals surface area contributed by atoms with Gasteiger partial charge in [-0.3, -0.25) is 4.98 Å². The molecule has 1 rings (SSSR count). The Morgan fingerprint density at radius 3 is 2.69 bits per heavy atom. The molecule has 0 unspecified atom stereocenters. The number of rotatable bonds is 3. The number of aryl methyl sites for hydroxylation is 1. The number of nitrogens with zero attached hydrogens (tertiary/aromatic N) is 1. The zero-order valence-corrected chi connectivity index (χ0v) is 8.96. The van der Waals surface area contributed by atoms with Crippen molar-refractivity contribution in [2.24, 2.45) is 5.73 Å². The smallest absolute Gasteiger partial charge is 0.339 e. The fraction of sp³-hybridized carbons (Fsp3) is 0.400. The van der Waals surface area contributed by atoms with Crippen LogP contribution in [0.5, 0.6) is 0 Å². The summed E-state index contributed by atoms with van der Waals surface area (Å²) in [6.45, 7) is 1.44. The number of halogens is 2. The molecule has 0 aliphatic rings.